The van der Waals surface area contributed by atoms with Crippen LogP contribution in [0.5, 0.6) is 0 Å². The lowest BCUT2D eigenvalue weighted by Gasteiger charge is -2.53. The Morgan fingerprint density at radius 2 is 1.72 bits per heavy atom. The van der Waals surface area contributed by atoms with E-state index in [1.165, 1.54) is 23.1 Å². The molecule has 1 saturated carbocycles. The van der Waals surface area contributed by atoms with Crippen LogP contribution in [0, 0.1) is 10.2 Å². The number of benzene rings is 2. The van der Waals surface area contributed by atoms with E-state index in [0.717, 1.165) is 43.4 Å². The third-order valence-electron chi connectivity index (χ3n) is 9.81. The summed E-state index contributed by atoms with van der Waals surface area (Å²) in [5.74, 6) is 0. The second-order valence-corrected chi connectivity index (χ2v) is 14.7. The number of hydrogen-bond donors (Lipinski definition) is 3. The Labute approximate surface area is 253 Å². The Bertz CT molecular complexity index is 1640. The molecule has 3 heterocycles. The molecule has 2 saturated heterocycles. The highest BCUT2D eigenvalue weighted by molar-refractivity contribution is 7.91. The van der Waals surface area contributed by atoms with E-state index >= 15 is 0 Å². The largest absolute Gasteiger partial charge is 0.387 e. The number of likely N-dealkylation sites (tertiary alicyclic amines) is 1. The molecule has 1 aromatic heterocycles. The van der Waals surface area contributed by atoms with Crippen molar-refractivity contribution >= 4 is 15.8 Å². The average molecular weight is 604 g/mol. The second-order valence-electron chi connectivity index (χ2n) is 12.5. The van der Waals surface area contributed by atoms with Gasteiger partial charge in [-0.25, -0.2) is 13.8 Å². The van der Waals surface area contributed by atoms with E-state index in [9.17, 15) is 18.9 Å². The number of rotatable bonds is 5. The first-order valence-corrected chi connectivity index (χ1v) is 17.1. The number of nitrogens with one attached hydrogen (secondary N) is 2. The molecule has 9 nitrogen and oxygen atoms in total. The number of carbonyl (C=O) groups excluding carboxylic acids is 1. The van der Waals surface area contributed by atoms with Crippen molar-refractivity contribution in [3.63, 3.8) is 0 Å². The normalized spacial score (nSPS) is 25.0. The number of nitrogens with zero attached hydrogens (tertiary/aromatic N) is 3. The highest BCUT2D eigenvalue weighted by Gasteiger charge is 2.56. The minimum atomic E-state index is -3.17. The first-order valence-electron chi connectivity index (χ1n) is 15.2. The third-order valence-corrected chi connectivity index (χ3v) is 11.0. The standard InChI is InChI=1S/C33H41N5O4S/c1-43(34,42)29-22-37(30(39)20-27(29)25-10-4-2-5-11-25)24-33(41)16-18-36(23-32(33)14-8-9-15-32)31(40)38-19-17-35-21-28(38)26-12-6-3-7-13-26/h2-7,10-13,20,22,28,34-35,41H,8-9,14-19,21,23-24H2,1H3. The number of carbonyl (C=O) groups is 1. The van der Waals surface area contributed by atoms with Crippen LogP contribution in [0.3, 0.4) is 0 Å². The van der Waals surface area contributed by atoms with Crippen LogP contribution in [0.1, 0.15) is 43.7 Å². The van der Waals surface area contributed by atoms with E-state index in [1.807, 2.05) is 58.3 Å². The molecule has 2 aliphatic heterocycles. The van der Waals surface area contributed by atoms with Gasteiger partial charge in [-0.15, -0.1) is 0 Å². The van der Waals surface area contributed by atoms with Crippen molar-refractivity contribution in [3.05, 3.63) is 88.8 Å². The molecule has 3 atom stereocenters. The number of pyridine rings is 1. The summed E-state index contributed by atoms with van der Waals surface area (Å²) in [7, 11) is -3.17. The number of urea groups is 1. The van der Waals surface area contributed by atoms with Gasteiger partial charge in [-0.05, 0) is 30.4 Å². The van der Waals surface area contributed by atoms with Crippen LogP contribution >= 0.6 is 0 Å². The van der Waals surface area contributed by atoms with E-state index in [0.29, 0.717) is 38.2 Å². The Balaban J connectivity index is 1.29. The molecule has 0 bridgehead atoms. The quantitative estimate of drug-likeness (QED) is 0.402. The van der Waals surface area contributed by atoms with Crippen molar-refractivity contribution in [2.45, 2.75) is 55.2 Å². The molecule has 1 spiro atoms. The van der Waals surface area contributed by atoms with Crippen molar-refractivity contribution in [1.82, 2.24) is 19.7 Å². The zero-order valence-electron chi connectivity index (χ0n) is 24.7. The van der Waals surface area contributed by atoms with Crippen molar-refractivity contribution in [3.8, 4) is 11.1 Å². The third kappa shape index (κ3) is 5.63. The maximum Gasteiger partial charge on any atom is 0.320 e. The molecular formula is C33H41N5O4S. The minimum Gasteiger partial charge on any atom is -0.387 e. The molecule has 228 valence electrons. The fourth-order valence-corrected chi connectivity index (χ4v) is 8.39. The van der Waals surface area contributed by atoms with Gasteiger partial charge >= 0.3 is 6.03 Å². The van der Waals surface area contributed by atoms with E-state index in [1.54, 1.807) is 0 Å². The van der Waals surface area contributed by atoms with Gasteiger partial charge in [0.15, 0.2) is 0 Å². The lowest BCUT2D eigenvalue weighted by molar-refractivity contribution is -0.136. The van der Waals surface area contributed by atoms with Crippen LogP contribution in [-0.4, -0.2) is 74.3 Å². The zero-order valence-corrected chi connectivity index (χ0v) is 25.5. The maximum atomic E-state index is 14.1. The van der Waals surface area contributed by atoms with Gasteiger partial charge < -0.3 is 24.8 Å². The molecule has 1 aliphatic carbocycles. The molecule has 3 aliphatic rings. The summed E-state index contributed by atoms with van der Waals surface area (Å²) in [4.78, 5) is 31.7. The lowest BCUT2D eigenvalue weighted by Crippen LogP contribution is -2.64. The van der Waals surface area contributed by atoms with E-state index in [2.05, 4.69) is 17.4 Å². The monoisotopic (exact) mass is 603 g/mol. The first kappa shape index (κ1) is 29.6. The van der Waals surface area contributed by atoms with Gasteiger partial charge in [-0.1, -0.05) is 73.5 Å². The number of amides is 2. The van der Waals surface area contributed by atoms with Crippen molar-refractivity contribution in [1.29, 1.82) is 4.78 Å². The van der Waals surface area contributed by atoms with Crippen LogP contribution in [0.15, 0.2) is 82.6 Å². The van der Waals surface area contributed by atoms with Gasteiger partial charge in [0.25, 0.3) is 5.56 Å². The van der Waals surface area contributed by atoms with E-state index < -0.39 is 20.7 Å². The summed E-state index contributed by atoms with van der Waals surface area (Å²) < 4.78 is 22.9. The average Bonchev–Trinajstić information content (AvgIpc) is 3.49. The van der Waals surface area contributed by atoms with Gasteiger partial charge in [-0.2, -0.15) is 0 Å². The lowest BCUT2D eigenvalue weighted by atomic mass is 9.66. The highest BCUT2D eigenvalue weighted by Crippen LogP contribution is 2.52. The summed E-state index contributed by atoms with van der Waals surface area (Å²) in [5, 5.41) is 15.8. The van der Waals surface area contributed by atoms with Gasteiger partial charge in [-0.3, -0.25) is 4.79 Å². The predicted octanol–water partition coefficient (Wildman–Crippen LogP) is 4.31. The van der Waals surface area contributed by atoms with Gasteiger partial charge in [0.05, 0.1) is 32.8 Å². The second kappa shape index (κ2) is 11.6. The zero-order chi connectivity index (χ0) is 30.2. The fourth-order valence-electron chi connectivity index (χ4n) is 7.46. The van der Waals surface area contributed by atoms with Crippen molar-refractivity contribution < 1.29 is 14.1 Å². The molecule has 0 radical (unpaired) electrons. The molecule has 10 heteroatoms. The van der Waals surface area contributed by atoms with Crippen LogP contribution in [-0.2, 0) is 16.3 Å². The van der Waals surface area contributed by atoms with E-state index in [-0.39, 0.29) is 29.1 Å². The molecule has 3 unspecified atom stereocenters. The molecule has 3 N–H and O–H groups in total. The van der Waals surface area contributed by atoms with Gasteiger partial charge in [0.2, 0.25) is 0 Å². The maximum absolute atomic E-state index is 14.1. The first-order chi connectivity index (χ1) is 20.6. The topological polar surface area (TPSA) is 119 Å². The molecule has 3 fully saturated rings. The van der Waals surface area contributed by atoms with Gasteiger partial charge in [0.1, 0.15) is 0 Å². The number of piperidine rings is 1. The fraction of sp³-hybridized carbons (Fsp3) is 0.455. The molecule has 43 heavy (non-hydrogen) atoms. The van der Waals surface area contributed by atoms with Crippen LogP contribution in [0.2, 0.25) is 0 Å². The van der Waals surface area contributed by atoms with E-state index in [4.69, 9.17) is 4.78 Å². The SMILES string of the molecule is CS(=N)(=O)c1cn(CC2(O)CCN(C(=O)N3CCNCC3c3ccccc3)CC23CCCC3)c(=O)cc1-c1ccccc1. The Hall–Kier alpha value is -3.47. The minimum absolute atomic E-state index is 0.00438. The Morgan fingerprint density at radius 3 is 2.40 bits per heavy atom. The Kier molecular flexibility index (Phi) is 7.95. The number of hydrogen-bond acceptors (Lipinski definition) is 6. The molecule has 2 amide bonds. The summed E-state index contributed by atoms with van der Waals surface area (Å²) in [6.45, 7) is 2.89. The Morgan fingerprint density at radius 1 is 1.05 bits per heavy atom. The van der Waals surface area contributed by atoms with Crippen molar-refractivity contribution in [2.75, 3.05) is 39.0 Å². The molecule has 3 aromatic rings. The predicted molar refractivity (Wildman–Crippen MR) is 167 cm³/mol. The summed E-state index contributed by atoms with van der Waals surface area (Å²) in [6, 6.07) is 20.7. The number of aliphatic hydroxyl groups is 1. The summed E-state index contributed by atoms with van der Waals surface area (Å²) in [5.41, 5.74) is 0.221. The van der Waals surface area contributed by atoms with Crippen LogP contribution < -0.4 is 10.9 Å². The van der Waals surface area contributed by atoms with Crippen LogP contribution in [0.4, 0.5) is 4.79 Å². The molecule has 2 aromatic carbocycles. The summed E-state index contributed by atoms with van der Waals surface area (Å²) >= 11 is 0. The van der Waals surface area contributed by atoms with Crippen molar-refractivity contribution in [2.24, 2.45) is 5.41 Å². The highest BCUT2D eigenvalue weighted by atomic mass is 32.2. The van der Waals surface area contributed by atoms with Crippen LogP contribution in [0.25, 0.3) is 11.1 Å². The van der Waals surface area contributed by atoms with Gasteiger partial charge in [0, 0.05) is 62.2 Å². The number of aromatic nitrogens is 1. The molecule has 6 rings (SSSR count). The summed E-state index contributed by atoms with van der Waals surface area (Å²) in [6.07, 6.45) is 6.65. The molecular weight excluding hydrogens is 562 g/mol. The smallest absolute Gasteiger partial charge is 0.320 e. The number of piperazine rings is 1.